The Morgan fingerprint density at radius 1 is 1.20 bits per heavy atom. The largest absolute Gasteiger partial charge is 0.465 e. The molecule has 0 aliphatic rings. The van der Waals surface area contributed by atoms with Crippen molar-refractivity contribution in [2.24, 2.45) is 5.73 Å². The Morgan fingerprint density at radius 3 is 2.10 bits per heavy atom. The van der Waals surface area contributed by atoms with Gasteiger partial charge in [-0.15, -0.1) is 0 Å². The third-order valence-electron chi connectivity index (χ3n) is 2.62. The van der Waals surface area contributed by atoms with Crippen molar-refractivity contribution in [1.29, 1.82) is 0 Å². The van der Waals surface area contributed by atoms with Gasteiger partial charge in [-0.1, -0.05) is 0 Å². The lowest BCUT2D eigenvalue weighted by molar-refractivity contribution is -0.184. The lowest BCUT2D eigenvalue weighted by Crippen LogP contribution is -2.59. The molecule has 1 aromatic rings. The third kappa shape index (κ3) is 3.27. The smallest absolute Gasteiger partial charge is 0.415 e. The Balaban J connectivity index is 2.85. The fourth-order valence-electron chi connectivity index (χ4n) is 1.20. The maximum atomic E-state index is 12.6. The Hall–Kier alpha value is -2.09. The van der Waals surface area contributed by atoms with Crippen LogP contribution in [-0.4, -0.2) is 30.7 Å². The van der Waals surface area contributed by atoms with E-state index in [9.17, 15) is 22.8 Å². The molecule has 0 aliphatic heterocycles. The van der Waals surface area contributed by atoms with E-state index in [1.807, 2.05) is 5.32 Å². The van der Waals surface area contributed by atoms with Gasteiger partial charge in [0.25, 0.3) is 5.91 Å². The minimum absolute atomic E-state index is 0.0866. The number of carbonyl (C=O) groups is 2. The summed E-state index contributed by atoms with van der Waals surface area (Å²) < 4.78 is 42.1. The molecule has 0 fully saturated rings. The highest BCUT2D eigenvalue weighted by Crippen LogP contribution is 2.29. The van der Waals surface area contributed by atoms with E-state index in [1.165, 1.54) is 31.4 Å². The molecule has 3 N–H and O–H groups in total. The number of carbonyl (C=O) groups excluding carboxylic acids is 2. The maximum Gasteiger partial charge on any atom is 0.415 e. The van der Waals surface area contributed by atoms with Gasteiger partial charge in [-0.25, -0.2) is 4.79 Å². The summed E-state index contributed by atoms with van der Waals surface area (Å²) >= 11 is 0. The van der Waals surface area contributed by atoms with E-state index < -0.39 is 23.6 Å². The van der Waals surface area contributed by atoms with Crippen molar-refractivity contribution in [3.8, 4) is 0 Å². The van der Waals surface area contributed by atoms with Gasteiger partial charge in [0.1, 0.15) is 0 Å². The number of benzene rings is 1. The highest BCUT2D eigenvalue weighted by Gasteiger charge is 2.53. The minimum atomic E-state index is -4.87. The topological polar surface area (TPSA) is 81.4 Å². The number of anilines is 1. The number of halogens is 3. The van der Waals surface area contributed by atoms with Crippen LogP contribution in [0.15, 0.2) is 24.3 Å². The first kappa shape index (κ1) is 16.0. The summed E-state index contributed by atoms with van der Waals surface area (Å²) in [7, 11) is 1.20. The number of rotatable bonds is 3. The molecule has 1 rings (SSSR count). The molecule has 0 aromatic heterocycles. The normalized spacial score (nSPS) is 14.3. The van der Waals surface area contributed by atoms with E-state index >= 15 is 0 Å². The highest BCUT2D eigenvalue weighted by molar-refractivity contribution is 5.98. The van der Waals surface area contributed by atoms with Gasteiger partial charge in [-0.3, -0.25) is 4.79 Å². The Labute approximate surface area is 112 Å². The van der Waals surface area contributed by atoms with Gasteiger partial charge in [0.2, 0.25) is 0 Å². The summed E-state index contributed by atoms with van der Waals surface area (Å²) in [6, 6.07) is 5.17. The molecule has 110 valence electrons. The molecule has 0 saturated heterocycles. The van der Waals surface area contributed by atoms with Gasteiger partial charge < -0.3 is 15.8 Å². The zero-order valence-corrected chi connectivity index (χ0v) is 10.7. The van der Waals surface area contributed by atoms with Crippen LogP contribution < -0.4 is 11.1 Å². The van der Waals surface area contributed by atoms with Crippen LogP contribution >= 0.6 is 0 Å². The number of hydrogen-bond donors (Lipinski definition) is 2. The first-order chi connectivity index (χ1) is 9.09. The molecule has 5 nitrogen and oxygen atoms in total. The van der Waals surface area contributed by atoms with Crippen LogP contribution in [0, 0.1) is 0 Å². The minimum Gasteiger partial charge on any atom is -0.465 e. The zero-order valence-electron chi connectivity index (χ0n) is 10.7. The number of hydrogen-bond acceptors (Lipinski definition) is 4. The predicted molar refractivity (Wildman–Crippen MR) is 65.1 cm³/mol. The zero-order chi connectivity index (χ0) is 15.6. The van der Waals surface area contributed by atoms with Crippen LogP contribution in [0.1, 0.15) is 17.3 Å². The molecular formula is C12H13F3N2O3. The number of nitrogens with one attached hydrogen (secondary N) is 1. The molecule has 0 spiro atoms. The molecule has 1 aromatic carbocycles. The van der Waals surface area contributed by atoms with Crippen LogP contribution in [0.5, 0.6) is 0 Å². The number of methoxy groups -OCH3 is 1. The SMILES string of the molecule is COC(=O)c1ccc(NC(=O)C(C)(N)C(F)(F)F)cc1. The van der Waals surface area contributed by atoms with E-state index in [-0.39, 0.29) is 11.3 Å². The number of amides is 1. The van der Waals surface area contributed by atoms with E-state index in [1.54, 1.807) is 0 Å². The lowest BCUT2D eigenvalue weighted by atomic mass is 10.0. The Kier molecular flexibility index (Phi) is 4.39. The average molecular weight is 290 g/mol. The number of esters is 1. The van der Waals surface area contributed by atoms with Crippen LogP contribution in [-0.2, 0) is 9.53 Å². The lowest BCUT2D eigenvalue weighted by Gasteiger charge is -2.26. The van der Waals surface area contributed by atoms with Crippen molar-refractivity contribution < 1.29 is 27.5 Å². The van der Waals surface area contributed by atoms with Crippen LogP contribution in [0.25, 0.3) is 0 Å². The van der Waals surface area contributed by atoms with E-state index in [4.69, 9.17) is 5.73 Å². The maximum absolute atomic E-state index is 12.6. The van der Waals surface area contributed by atoms with Crippen molar-refractivity contribution >= 4 is 17.6 Å². The standard InChI is InChI=1S/C12H13F3N2O3/c1-11(16,12(13,14)15)10(19)17-8-5-3-7(4-6-8)9(18)20-2/h3-6H,16H2,1-2H3,(H,17,19). The van der Waals surface area contributed by atoms with Gasteiger partial charge in [0, 0.05) is 5.69 Å². The molecule has 1 amide bonds. The van der Waals surface area contributed by atoms with E-state index in [0.717, 1.165) is 0 Å². The Morgan fingerprint density at radius 2 is 1.70 bits per heavy atom. The summed E-state index contributed by atoms with van der Waals surface area (Å²) in [5, 5.41) is 2.04. The second-order valence-corrected chi connectivity index (χ2v) is 4.22. The molecule has 8 heteroatoms. The van der Waals surface area contributed by atoms with Crippen LogP contribution in [0.2, 0.25) is 0 Å². The van der Waals surface area contributed by atoms with Gasteiger partial charge in [0.05, 0.1) is 12.7 Å². The summed E-state index contributed by atoms with van der Waals surface area (Å²) in [5.41, 5.74) is 2.26. The van der Waals surface area contributed by atoms with Crippen molar-refractivity contribution in [2.45, 2.75) is 18.6 Å². The van der Waals surface area contributed by atoms with Crippen LogP contribution in [0.3, 0.4) is 0 Å². The summed E-state index contributed by atoms with van der Waals surface area (Å²) in [5.74, 6) is -1.99. The first-order valence-corrected chi connectivity index (χ1v) is 5.45. The number of ether oxygens (including phenoxy) is 1. The van der Waals surface area contributed by atoms with Crippen LogP contribution in [0.4, 0.5) is 18.9 Å². The quantitative estimate of drug-likeness (QED) is 0.830. The second kappa shape index (κ2) is 5.49. The van der Waals surface area contributed by atoms with Gasteiger partial charge in [-0.05, 0) is 31.2 Å². The summed E-state index contributed by atoms with van der Waals surface area (Å²) in [6.45, 7) is 0.575. The fraction of sp³-hybridized carbons (Fsp3) is 0.333. The highest BCUT2D eigenvalue weighted by atomic mass is 19.4. The molecule has 0 heterocycles. The molecule has 0 bridgehead atoms. The van der Waals surface area contributed by atoms with Crippen molar-refractivity contribution in [2.75, 3.05) is 12.4 Å². The van der Waals surface area contributed by atoms with Crippen molar-refractivity contribution in [1.82, 2.24) is 0 Å². The molecule has 0 saturated carbocycles. The summed E-state index contributed by atoms with van der Waals surface area (Å²) in [4.78, 5) is 22.7. The average Bonchev–Trinajstić information content (AvgIpc) is 2.37. The predicted octanol–water partition coefficient (Wildman–Crippen LogP) is 1.69. The number of nitrogens with two attached hydrogens (primary N) is 1. The molecule has 1 atom stereocenters. The molecule has 1 unspecified atom stereocenters. The van der Waals surface area contributed by atoms with Crippen molar-refractivity contribution in [3.63, 3.8) is 0 Å². The first-order valence-electron chi connectivity index (χ1n) is 5.45. The van der Waals surface area contributed by atoms with Gasteiger partial charge >= 0.3 is 12.1 Å². The van der Waals surface area contributed by atoms with Crippen molar-refractivity contribution in [3.05, 3.63) is 29.8 Å². The van der Waals surface area contributed by atoms with E-state index in [2.05, 4.69) is 4.74 Å². The molecule has 0 aliphatic carbocycles. The fourth-order valence-corrected chi connectivity index (χ4v) is 1.20. The Bertz CT molecular complexity index is 510. The van der Waals surface area contributed by atoms with E-state index in [0.29, 0.717) is 6.92 Å². The van der Waals surface area contributed by atoms with Gasteiger partial charge in [0.15, 0.2) is 5.54 Å². The molecule has 20 heavy (non-hydrogen) atoms. The molecule has 0 radical (unpaired) electrons. The van der Waals surface area contributed by atoms with Gasteiger partial charge in [-0.2, -0.15) is 13.2 Å². The summed E-state index contributed by atoms with van der Waals surface area (Å²) in [6.07, 6.45) is -4.87. The second-order valence-electron chi connectivity index (χ2n) is 4.22. The number of alkyl halides is 3. The molecular weight excluding hydrogens is 277 g/mol. The monoisotopic (exact) mass is 290 g/mol. The third-order valence-corrected chi connectivity index (χ3v) is 2.62.